The summed E-state index contributed by atoms with van der Waals surface area (Å²) in [6.07, 6.45) is 8.35. The second kappa shape index (κ2) is 5.03. The van der Waals surface area contributed by atoms with Crippen LogP contribution in [0.25, 0.3) is 0 Å². The van der Waals surface area contributed by atoms with Crippen LogP contribution in [-0.4, -0.2) is 41.8 Å². The standard InChI is InChI=1S/C13H26N2O/c1-11(14)12(10-16)15-8-6-13(7-9-15)4-2-3-5-13/h11-12,16H,2-10,14H2,1H3. The van der Waals surface area contributed by atoms with Crippen LogP contribution >= 0.6 is 0 Å². The molecular formula is C13H26N2O. The number of likely N-dealkylation sites (tertiary alicyclic amines) is 1. The van der Waals surface area contributed by atoms with E-state index in [-0.39, 0.29) is 18.7 Å². The van der Waals surface area contributed by atoms with Crippen LogP contribution in [0.1, 0.15) is 45.4 Å². The van der Waals surface area contributed by atoms with Crippen LogP contribution in [0.3, 0.4) is 0 Å². The quantitative estimate of drug-likeness (QED) is 0.764. The van der Waals surface area contributed by atoms with Gasteiger partial charge in [-0.05, 0) is 51.1 Å². The van der Waals surface area contributed by atoms with Crippen molar-refractivity contribution in [2.45, 2.75) is 57.5 Å². The zero-order chi connectivity index (χ0) is 11.6. The average molecular weight is 226 g/mol. The monoisotopic (exact) mass is 226 g/mol. The lowest BCUT2D eigenvalue weighted by Crippen LogP contribution is -2.52. The van der Waals surface area contributed by atoms with Gasteiger partial charge in [0, 0.05) is 12.1 Å². The van der Waals surface area contributed by atoms with Crippen molar-refractivity contribution >= 4 is 0 Å². The molecule has 16 heavy (non-hydrogen) atoms. The van der Waals surface area contributed by atoms with Crippen molar-refractivity contribution in [1.82, 2.24) is 4.90 Å². The Bertz CT molecular complexity index is 214. The van der Waals surface area contributed by atoms with Gasteiger partial charge in [-0.15, -0.1) is 0 Å². The van der Waals surface area contributed by atoms with Crippen molar-refractivity contribution in [3.63, 3.8) is 0 Å². The molecule has 2 rings (SSSR count). The number of hydrogen-bond acceptors (Lipinski definition) is 3. The summed E-state index contributed by atoms with van der Waals surface area (Å²) in [6, 6.07) is 0.237. The molecule has 1 aliphatic heterocycles. The minimum Gasteiger partial charge on any atom is -0.395 e. The number of piperidine rings is 1. The van der Waals surface area contributed by atoms with E-state index in [0.29, 0.717) is 5.41 Å². The van der Waals surface area contributed by atoms with E-state index in [1.807, 2.05) is 6.92 Å². The molecule has 1 heterocycles. The lowest BCUT2D eigenvalue weighted by atomic mass is 9.76. The maximum atomic E-state index is 9.38. The second-order valence-corrected chi connectivity index (χ2v) is 5.85. The van der Waals surface area contributed by atoms with Gasteiger partial charge in [-0.25, -0.2) is 0 Å². The molecule has 0 bridgehead atoms. The molecule has 0 radical (unpaired) electrons. The zero-order valence-corrected chi connectivity index (χ0v) is 10.5. The van der Waals surface area contributed by atoms with Crippen LogP contribution in [0.5, 0.6) is 0 Å². The van der Waals surface area contributed by atoms with Crippen LogP contribution in [-0.2, 0) is 0 Å². The summed E-state index contributed by atoms with van der Waals surface area (Å²) in [5.41, 5.74) is 6.58. The fourth-order valence-corrected chi connectivity index (χ4v) is 3.57. The molecule has 1 spiro atoms. The van der Waals surface area contributed by atoms with Gasteiger partial charge in [-0.2, -0.15) is 0 Å². The van der Waals surface area contributed by atoms with E-state index in [2.05, 4.69) is 4.90 Å². The van der Waals surface area contributed by atoms with E-state index in [0.717, 1.165) is 13.1 Å². The molecule has 2 atom stereocenters. The molecular weight excluding hydrogens is 200 g/mol. The lowest BCUT2D eigenvalue weighted by molar-refractivity contribution is 0.0421. The van der Waals surface area contributed by atoms with Crippen LogP contribution in [0, 0.1) is 5.41 Å². The maximum absolute atomic E-state index is 9.38. The third-order valence-electron chi connectivity index (χ3n) is 4.79. The Morgan fingerprint density at radius 1 is 1.19 bits per heavy atom. The Hall–Kier alpha value is -0.120. The average Bonchev–Trinajstić information content (AvgIpc) is 2.70. The number of nitrogens with two attached hydrogens (primary N) is 1. The minimum atomic E-state index is 0.0719. The van der Waals surface area contributed by atoms with Crippen molar-refractivity contribution in [1.29, 1.82) is 0 Å². The Kier molecular flexibility index (Phi) is 3.88. The van der Waals surface area contributed by atoms with E-state index in [1.165, 1.54) is 38.5 Å². The predicted molar refractivity (Wildman–Crippen MR) is 66.2 cm³/mol. The molecule has 3 N–H and O–H groups in total. The molecule has 2 aliphatic rings. The van der Waals surface area contributed by atoms with E-state index in [1.54, 1.807) is 0 Å². The SMILES string of the molecule is CC(N)C(CO)N1CCC2(CCCC2)CC1. The summed E-state index contributed by atoms with van der Waals surface area (Å²) < 4.78 is 0. The fourth-order valence-electron chi connectivity index (χ4n) is 3.57. The maximum Gasteiger partial charge on any atom is 0.0601 e. The number of rotatable bonds is 3. The van der Waals surface area contributed by atoms with Crippen molar-refractivity contribution < 1.29 is 5.11 Å². The fraction of sp³-hybridized carbons (Fsp3) is 1.00. The molecule has 0 aromatic rings. The lowest BCUT2D eigenvalue weighted by Gasteiger charge is -2.43. The zero-order valence-electron chi connectivity index (χ0n) is 10.5. The van der Waals surface area contributed by atoms with Gasteiger partial charge in [0.15, 0.2) is 0 Å². The molecule has 1 saturated carbocycles. The van der Waals surface area contributed by atoms with Crippen LogP contribution in [0.15, 0.2) is 0 Å². The number of hydrogen-bond donors (Lipinski definition) is 2. The highest BCUT2D eigenvalue weighted by Crippen LogP contribution is 2.46. The summed E-state index contributed by atoms with van der Waals surface area (Å²) in [7, 11) is 0. The smallest absolute Gasteiger partial charge is 0.0601 e. The number of nitrogens with zero attached hydrogens (tertiary/aromatic N) is 1. The largest absolute Gasteiger partial charge is 0.395 e. The normalized spacial score (nSPS) is 29.4. The molecule has 0 amide bonds. The van der Waals surface area contributed by atoms with Gasteiger partial charge in [0.25, 0.3) is 0 Å². The third-order valence-corrected chi connectivity index (χ3v) is 4.79. The van der Waals surface area contributed by atoms with Gasteiger partial charge in [0.1, 0.15) is 0 Å². The summed E-state index contributed by atoms with van der Waals surface area (Å²) in [5, 5.41) is 9.38. The van der Waals surface area contributed by atoms with Gasteiger partial charge >= 0.3 is 0 Å². The summed E-state index contributed by atoms with van der Waals surface area (Å²) in [5.74, 6) is 0. The Labute approximate surface area is 99.0 Å². The molecule has 0 aromatic heterocycles. The van der Waals surface area contributed by atoms with Crippen molar-refractivity contribution in [3.05, 3.63) is 0 Å². The van der Waals surface area contributed by atoms with Crippen LogP contribution in [0.4, 0.5) is 0 Å². The van der Waals surface area contributed by atoms with Gasteiger partial charge in [0.2, 0.25) is 0 Å². The summed E-state index contributed by atoms with van der Waals surface area (Å²) >= 11 is 0. The summed E-state index contributed by atoms with van der Waals surface area (Å²) in [6.45, 7) is 4.46. The van der Waals surface area contributed by atoms with E-state index in [9.17, 15) is 5.11 Å². The van der Waals surface area contributed by atoms with E-state index >= 15 is 0 Å². The highest BCUT2D eigenvalue weighted by molar-refractivity contribution is 4.92. The molecule has 0 aromatic carbocycles. The Morgan fingerprint density at radius 2 is 1.75 bits per heavy atom. The van der Waals surface area contributed by atoms with E-state index < -0.39 is 0 Å². The van der Waals surface area contributed by atoms with Gasteiger partial charge in [-0.1, -0.05) is 12.8 Å². The van der Waals surface area contributed by atoms with Crippen LogP contribution in [0.2, 0.25) is 0 Å². The number of aliphatic hydroxyl groups is 1. The van der Waals surface area contributed by atoms with Gasteiger partial charge in [0.05, 0.1) is 6.61 Å². The second-order valence-electron chi connectivity index (χ2n) is 5.85. The van der Waals surface area contributed by atoms with Crippen molar-refractivity contribution in [3.8, 4) is 0 Å². The number of aliphatic hydroxyl groups excluding tert-OH is 1. The summed E-state index contributed by atoms with van der Waals surface area (Å²) in [4.78, 5) is 2.40. The molecule has 2 fully saturated rings. The van der Waals surface area contributed by atoms with Crippen molar-refractivity contribution in [2.24, 2.45) is 11.1 Å². The highest BCUT2D eigenvalue weighted by atomic mass is 16.3. The minimum absolute atomic E-state index is 0.0719. The first kappa shape index (κ1) is 12.3. The molecule has 3 heteroatoms. The molecule has 2 unspecified atom stereocenters. The predicted octanol–water partition coefficient (Wildman–Crippen LogP) is 1.35. The molecule has 94 valence electrons. The Balaban J connectivity index is 1.88. The van der Waals surface area contributed by atoms with Crippen molar-refractivity contribution in [2.75, 3.05) is 19.7 Å². The Morgan fingerprint density at radius 3 is 2.19 bits per heavy atom. The van der Waals surface area contributed by atoms with E-state index in [4.69, 9.17) is 5.73 Å². The van der Waals surface area contributed by atoms with Gasteiger partial charge < -0.3 is 10.8 Å². The van der Waals surface area contributed by atoms with Gasteiger partial charge in [-0.3, -0.25) is 4.90 Å². The molecule has 3 nitrogen and oxygen atoms in total. The third kappa shape index (κ3) is 2.41. The molecule has 1 saturated heterocycles. The topological polar surface area (TPSA) is 49.5 Å². The highest BCUT2D eigenvalue weighted by Gasteiger charge is 2.38. The van der Waals surface area contributed by atoms with Crippen LogP contribution < -0.4 is 5.73 Å². The first-order valence-corrected chi connectivity index (χ1v) is 6.77. The first-order chi connectivity index (χ1) is 7.67. The first-order valence-electron chi connectivity index (χ1n) is 6.77. The molecule has 1 aliphatic carbocycles.